The minimum absolute atomic E-state index is 0.942. The van der Waals surface area contributed by atoms with Gasteiger partial charge in [-0.15, -0.1) is 6.58 Å². The van der Waals surface area contributed by atoms with Crippen LogP contribution in [-0.2, 0) is 6.54 Å². The molecule has 0 N–H and O–H groups in total. The molecule has 3 radical (unpaired) electrons. The Balaban J connectivity index is 2.98. The molecule has 0 amide bonds. The van der Waals surface area contributed by atoms with Crippen LogP contribution in [0, 0.1) is 0 Å². The van der Waals surface area contributed by atoms with Gasteiger partial charge < -0.3 is 4.90 Å². The predicted molar refractivity (Wildman–Crippen MR) is 58.6 cm³/mol. The third-order valence-corrected chi connectivity index (χ3v) is 2.10. The van der Waals surface area contributed by atoms with Crippen molar-refractivity contribution in [1.82, 2.24) is 4.90 Å². The summed E-state index contributed by atoms with van der Waals surface area (Å²) < 4.78 is 0. The zero-order chi connectivity index (χ0) is 9.84. The van der Waals surface area contributed by atoms with Crippen LogP contribution in [0.4, 0.5) is 0 Å². The van der Waals surface area contributed by atoms with E-state index in [2.05, 4.69) is 54.0 Å². The molecule has 0 spiro atoms. The molecule has 0 heterocycles. The van der Waals surface area contributed by atoms with Gasteiger partial charge in [-0.3, -0.25) is 0 Å². The van der Waals surface area contributed by atoms with Crippen LogP contribution >= 0.6 is 0 Å². The summed E-state index contributed by atoms with van der Waals surface area (Å²) in [6.45, 7) is 4.83. The topological polar surface area (TPSA) is 3.24 Å². The molecule has 0 fully saturated rings. The quantitative estimate of drug-likeness (QED) is 0.655. The molecule has 0 atom stereocenters. The molecule has 0 bridgehead atoms. The van der Waals surface area contributed by atoms with Gasteiger partial charge in [-0.25, -0.2) is 0 Å². The average molecular weight is 188 g/mol. The Morgan fingerprint density at radius 1 is 1.38 bits per heavy atom. The Bertz CT molecular complexity index is 305. The second-order valence-corrected chi connectivity index (χ2v) is 3.98. The first-order valence-corrected chi connectivity index (χ1v) is 4.75. The van der Waals surface area contributed by atoms with Crippen molar-refractivity contribution in [1.29, 1.82) is 0 Å². The molecule has 13 heavy (non-hydrogen) atoms. The van der Waals surface area contributed by atoms with Crippen LogP contribution in [0.3, 0.4) is 0 Å². The Morgan fingerprint density at radius 2 is 2.00 bits per heavy atom. The van der Waals surface area contributed by atoms with E-state index >= 15 is 0 Å². The van der Waals surface area contributed by atoms with E-state index in [0.29, 0.717) is 0 Å². The Hall–Kier alpha value is -0.863. The van der Waals surface area contributed by atoms with Gasteiger partial charge in [0.1, 0.15) is 0 Å². The summed E-state index contributed by atoms with van der Waals surface area (Å²) in [7, 11) is 7.59. The van der Waals surface area contributed by atoms with Gasteiger partial charge in [0.25, 0.3) is 0 Å². The van der Waals surface area contributed by atoms with E-state index in [1.165, 1.54) is 11.1 Å². The van der Waals surface area contributed by atoms with Crippen molar-refractivity contribution in [3.63, 3.8) is 0 Å². The highest BCUT2D eigenvalue weighted by atomic mass is 28.1. The van der Waals surface area contributed by atoms with Crippen LogP contribution in [0.1, 0.15) is 11.1 Å². The highest BCUT2D eigenvalue weighted by Gasteiger charge is 2.02. The first-order valence-electron chi connectivity index (χ1n) is 4.25. The smallest absolute Gasteiger partial charge is 0.0712 e. The summed E-state index contributed by atoms with van der Waals surface area (Å²) in [6, 6.07) is 8.28. The lowest BCUT2D eigenvalue weighted by Crippen LogP contribution is -2.12. The minimum atomic E-state index is 0.942. The highest BCUT2D eigenvalue weighted by Crippen LogP contribution is 2.15. The highest BCUT2D eigenvalue weighted by molar-refractivity contribution is 6.41. The molecule has 1 rings (SSSR count). The molecule has 1 nitrogen and oxygen atoms in total. The summed E-state index contributed by atoms with van der Waals surface area (Å²) in [5, 5.41) is 0.942. The summed E-state index contributed by atoms with van der Waals surface area (Å²) in [5.41, 5.74) is 2.49. The normalized spacial score (nSPS) is 10.5. The fourth-order valence-corrected chi connectivity index (χ4v) is 1.54. The largest absolute Gasteiger partial charge is 0.305 e. The zero-order valence-electron chi connectivity index (χ0n) is 8.17. The lowest BCUT2D eigenvalue weighted by Gasteiger charge is -2.13. The van der Waals surface area contributed by atoms with Crippen LogP contribution in [0.15, 0.2) is 30.8 Å². The van der Waals surface area contributed by atoms with Crippen molar-refractivity contribution < 1.29 is 0 Å². The molecule has 0 unspecified atom stereocenters. The number of hydrogen-bond donors (Lipinski definition) is 0. The van der Waals surface area contributed by atoms with Crippen molar-refractivity contribution in [2.45, 2.75) is 6.54 Å². The number of nitrogens with zero attached hydrogens (tertiary/aromatic N) is 1. The van der Waals surface area contributed by atoms with Crippen LogP contribution in [0.25, 0.3) is 5.20 Å². The third-order valence-electron chi connectivity index (χ3n) is 1.83. The molecular formula is C11H14NSi. The molecule has 0 aliphatic carbocycles. The average Bonchev–Trinajstić information content (AvgIpc) is 2.03. The maximum absolute atomic E-state index is 3.89. The predicted octanol–water partition coefficient (Wildman–Crippen LogP) is 1.89. The molecule has 67 valence electrons. The molecule has 0 aliphatic rings. The van der Waals surface area contributed by atoms with E-state index in [9.17, 15) is 0 Å². The van der Waals surface area contributed by atoms with Crippen LogP contribution in [-0.4, -0.2) is 29.2 Å². The molecule has 1 aromatic carbocycles. The van der Waals surface area contributed by atoms with Crippen molar-refractivity contribution >= 4 is 15.4 Å². The molecule has 0 saturated heterocycles. The summed E-state index contributed by atoms with van der Waals surface area (Å²) in [6.07, 6.45) is 0. The molecule has 0 saturated carbocycles. The standard InChI is InChI=1S/C11H14NSi/c1-9(13)11-7-5-4-6-10(11)8-12(2)3/h4-7H,1,8H2,2-3H3. The zero-order valence-corrected chi connectivity index (χ0v) is 9.17. The molecular weight excluding hydrogens is 174 g/mol. The Kier molecular flexibility index (Phi) is 3.45. The van der Waals surface area contributed by atoms with Gasteiger partial charge in [-0.1, -0.05) is 29.5 Å². The van der Waals surface area contributed by atoms with Crippen LogP contribution in [0.5, 0.6) is 0 Å². The van der Waals surface area contributed by atoms with Crippen molar-refractivity contribution in [2.75, 3.05) is 14.1 Å². The van der Waals surface area contributed by atoms with Gasteiger partial charge in [0.2, 0.25) is 0 Å². The molecule has 0 aliphatic heterocycles. The summed E-state index contributed by atoms with van der Waals surface area (Å²) >= 11 is 0. The first-order chi connectivity index (χ1) is 6.11. The maximum Gasteiger partial charge on any atom is 0.0712 e. The van der Waals surface area contributed by atoms with Gasteiger partial charge in [-0.05, 0) is 25.2 Å². The second-order valence-electron chi connectivity index (χ2n) is 3.37. The number of benzene rings is 1. The first kappa shape index (κ1) is 10.2. The van der Waals surface area contributed by atoms with E-state index in [0.717, 1.165) is 11.7 Å². The molecule has 2 heteroatoms. The van der Waals surface area contributed by atoms with Crippen LogP contribution in [0.2, 0.25) is 0 Å². The van der Waals surface area contributed by atoms with Crippen molar-refractivity contribution in [3.05, 3.63) is 42.0 Å². The van der Waals surface area contributed by atoms with E-state index < -0.39 is 0 Å². The second kappa shape index (κ2) is 4.39. The Labute approximate surface area is 83.5 Å². The van der Waals surface area contributed by atoms with E-state index in [-0.39, 0.29) is 0 Å². The number of hydrogen-bond acceptors (Lipinski definition) is 1. The lowest BCUT2D eigenvalue weighted by molar-refractivity contribution is 0.402. The SMILES string of the molecule is C=C([Si])c1ccccc1CN(C)C. The summed E-state index contributed by atoms with van der Waals surface area (Å²) in [5.74, 6) is 0. The van der Waals surface area contributed by atoms with Gasteiger partial charge in [0.15, 0.2) is 0 Å². The lowest BCUT2D eigenvalue weighted by atomic mass is 10.1. The molecule has 1 aromatic rings. The van der Waals surface area contributed by atoms with E-state index in [1.807, 2.05) is 6.07 Å². The van der Waals surface area contributed by atoms with Crippen molar-refractivity contribution in [2.24, 2.45) is 0 Å². The van der Waals surface area contributed by atoms with Gasteiger partial charge in [0.05, 0.1) is 10.2 Å². The fourth-order valence-electron chi connectivity index (χ4n) is 1.29. The number of rotatable bonds is 3. The third kappa shape index (κ3) is 2.83. The fraction of sp³-hybridized carbons (Fsp3) is 0.273. The van der Waals surface area contributed by atoms with Gasteiger partial charge in [0, 0.05) is 6.54 Å². The van der Waals surface area contributed by atoms with E-state index in [1.54, 1.807) is 0 Å². The summed E-state index contributed by atoms with van der Waals surface area (Å²) in [4.78, 5) is 2.15. The minimum Gasteiger partial charge on any atom is -0.305 e. The van der Waals surface area contributed by atoms with Gasteiger partial charge >= 0.3 is 0 Å². The maximum atomic E-state index is 3.89. The van der Waals surface area contributed by atoms with Gasteiger partial charge in [-0.2, -0.15) is 0 Å². The Morgan fingerprint density at radius 3 is 2.54 bits per heavy atom. The van der Waals surface area contributed by atoms with Crippen molar-refractivity contribution in [3.8, 4) is 0 Å². The monoisotopic (exact) mass is 188 g/mol. The van der Waals surface area contributed by atoms with Crippen LogP contribution < -0.4 is 0 Å². The van der Waals surface area contributed by atoms with E-state index in [4.69, 9.17) is 0 Å². The molecule has 0 aromatic heterocycles.